The van der Waals surface area contributed by atoms with Crippen molar-refractivity contribution in [1.29, 1.82) is 0 Å². The smallest absolute Gasteiger partial charge is 0.341 e. The van der Waals surface area contributed by atoms with Crippen LogP contribution in [0.1, 0.15) is 39.5 Å². The maximum Gasteiger partial charge on any atom is 0.341 e. The van der Waals surface area contributed by atoms with Crippen molar-refractivity contribution in [3.8, 4) is 5.75 Å². The molecule has 1 aliphatic rings. The molecular formula is C18H26N2O6S. The molecule has 0 aromatic heterocycles. The maximum atomic E-state index is 12.5. The summed E-state index contributed by atoms with van der Waals surface area (Å²) in [4.78, 5) is 23.0. The minimum atomic E-state index is -3.31. The first kappa shape index (κ1) is 21.2. The number of hydrogen-bond donors (Lipinski definition) is 3. The van der Waals surface area contributed by atoms with E-state index >= 15 is 0 Å². The molecule has 0 unspecified atom stereocenters. The molecule has 0 spiro atoms. The number of hydrogen-bond acceptors (Lipinski definition) is 5. The van der Waals surface area contributed by atoms with Crippen LogP contribution in [0.3, 0.4) is 0 Å². The van der Waals surface area contributed by atoms with Crippen LogP contribution in [0.4, 0.5) is 5.69 Å². The minimum absolute atomic E-state index is 0.129. The lowest BCUT2D eigenvalue weighted by Crippen LogP contribution is -2.42. The number of sulfonamides is 1. The molecule has 150 valence electrons. The van der Waals surface area contributed by atoms with Gasteiger partial charge in [-0.05, 0) is 51.7 Å². The van der Waals surface area contributed by atoms with Crippen LogP contribution < -0.4 is 14.8 Å². The molecule has 9 heteroatoms. The van der Waals surface area contributed by atoms with E-state index in [1.54, 1.807) is 38.1 Å². The van der Waals surface area contributed by atoms with Gasteiger partial charge < -0.3 is 15.2 Å². The summed E-state index contributed by atoms with van der Waals surface area (Å²) < 4.78 is 31.7. The Morgan fingerprint density at radius 3 is 2.48 bits per heavy atom. The van der Waals surface area contributed by atoms with Crippen molar-refractivity contribution in [3.63, 3.8) is 0 Å². The van der Waals surface area contributed by atoms with Crippen LogP contribution in [-0.2, 0) is 19.6 Å². The molecule has 1 amide bonds. The predicted molar refractivity (Wildman–Crippen MR) is 101 cm³/mol. The first-order valence-electron chi connectivity index (χ1n) is 8.94. The van der Waals surface area contributed by atoms with E-state index in [4.69, 9.17) is 9.84 Å². The highest BCUT2D eigenvalue weighted by Gasteiger charge is 2.29. The number of ether oxygens (including phenoxy) is 1. The molecule has 1 aromatic carbocycles. The predicted octanol–water partition coefficient (Wildman–Crippen LogP) is 1.98. The zero-order valence-corrected chi connectivity index (χ0v) is 16.3. The number of carboxylic acid groups (broad SMARTS) is 1. The summed E-state index contributed by atoms with van der Waals surface area (Å²) in [6.07, 6.45) is 2.44. The summed E-state index contributed by atoms with van der Waals surface area (Å²) in [6, 6.07) is 6.43. The molecule has 0 radical (unpaired) electrons. The summed E-state index contributed by atoms with van der Waals surface area (Å²) in [5.41, 5.74) is 0.533. The fourth-order valence-electron chi connectivity index (χ4n) is 2.89. The molecule has 27 heavy (non-hydrogen) atoms. The second-order valence-corrected chi connectivity index (χ2v) is 9.23. The van der Waals surface area contributed by atoms with Crippen LogP contribution in [-0.4, -0.2) is 43.3 Å². The van der Waals surface area contributed by atoms with Crippen molar-refractivity contribution in [2.45, 2.75) is 50.8 Å². The van der Waals surface area contributed by atoms with Crippen molar-refractivity contribution in [1.82, 2.24) is 4.72 Å². The van der Waals surface area contributed by atoms with Gasteiger partial charge in [-0.1, -0.05) is 6.07 Å². The van der Waals surface area contributed by atoms with Gasteiger partial charge >= 0.3 is 5.97 Å². The Kier molecular flexibility index (Phi) is 7.20. The normalized spacial score (nSPS) is 20.3. The van der Waals surface area contributed by atoms with E-state index in [1.807, 2.05) is 0 Å². The van der Waals surface area contributed by atoms with E-state index in [1.165, 1.54) is 0 Å². The van der Waals surface area contributed by atoms with Gasteiger partial charge in [0.15, 0.2) is 6.61 Å². The molecule has 0 heterocycles. The molecule has 3 N–H and O–H groups in total. The number of nitrogens with one attached hydrogen (secondary N) is 2. The monoisotopic (exact) mass is 398 g/mol. The fraction of sp³-hybridized carbons (Fsp3) is 0.556. The number of carboxylic acids is 1. The molecule has 1 fully saturated rings. The average molecular weight is 398 g/mol. The van der Waals surface area contributed by atoms with E-state index in [-0.39, 0.29) is 17.9 Å². The zero-order chi connectivity index (χ0) is 20.0. The first-order chi connectivity index (χ1) is 12.7. The number of benzene rings is 1. The Hall–Kier alpha value is -2.13. The third kappa shape index (κ3) is 6.51. The molecule has 0 atom stereocenters. The van der Waals surface area contributed by atoms with Crippen LogP contribution >= 0.6 is 0 Å². The van der Waals surface area contributed by atoms with Crippen molar-refractivity contribution in [2.75, 3.05) is 11.9 Å². The number of anilines is 1. The molecule has 0 aliphatic heterocycles. The summed E-state index contributed by atoms with van der Waals surface area (Å²) >= 11 is 0. The molecule has 1 aromatic rings. The Bertz CT molecular complexity index is 770. The minimum Gasteiger partial charge on any atom is -0.482 e. The first-order valence-corrected chi connectivity index (χ1v) is 10.5. The van der Waals surface area contributed by atoms with Crippen LogP contribution in [0.25, 0.3) is 0 Å². The third-order valence-electron chi connectivity index (χ3n) is 4.51. The Labute approximate surface area is 159 Å². The lowest BCUT2D eigenvalue weighted by Gasteiger charge is -2.28. The molecule has 1 saturated carbocycles. The highest BCUT2D eigenvalue weighted by atomic mass is 32.2. The van der Waals surface area contributed by atoms with Gasteiger partial charge in [-0.3, -0.25) is 4.79 Å². The largest absolute Gasteiger partial charge is 0.482 e. The quantitative estimate of drug-likeness (QED) is 0.615. The lowest BCUT2D eigenvalue weighted by molar-refractivity contribution is -0.139. The molecule has 0 saturated heterocycles. The maximum absolute atomic E-state index is 12.5. The van der Waals surface area contributed by atoms with Crippen molar-refractivity contribution in [2.24, 2.45) is 5.92 Å². The second kappa shape index (κ2) is 9.18. The average Bonchev–Trinajstić information content (AvgIpc) is 2.60. The highest BCUT2D eigenvalue weighted by Crippen LogP contribution is 2.27. The number of rotatable bonds is 8. The summed E-state index contributed by atoms with van der Waals surface area (Å²) in [6.45, 7) is 2.82. The van der Waals surface area contributed by atoms with Crippen molar-refractivity contribution >= 4 is 27.6 Å². The van der Waals surface area contributed by atoms with Crippen LogP contribution in [0.5, 0.6) is 5.75 Å². The van der Waals surface area contributed by atoms with Gasteiger partial charge in [0.05, 0.1) is 5.25 Å². The second-order valence-electron chi connectivity index (χ2n) is 6.96. The van der Waals surface area contributed by atoms with E-state index in [2.05, 4.69) is 10.0 Å². The third-order valence-corrected chi connectivity index (χ3v) is 6.42. The Balaban J connectivity index is 1.86. The van der Waals surface area contributed by atoms with Crippen LogP contribution in [0.2, 0.25) is 0 Å². The molecule has 1 aliphatic carbocycles. The fourth-order valence-corrected chi connectivity index (χ4v) is 3.87. The lowest BCUT2D eigenvalue weighted by atomic mass is 9.86. The number of carbonyl (C=O) groups excluding carboxylic acids is 1. The summed E-state index contributed by atoms with van der Waals surface area (Å²) in [5, 5.41) is 11.0. The number of carbonyl (C=O) groups is 2. The van der Waals surface area contributed by atoms with E-state index in [9.17, 15) is 18.0 Å². The van der Waals surface area contributed by atoms with Gasteiger partial charge in [-0.25, -0.2) is 17.9 Å². The molecule has 8 nitrogen and oxygen atoms in total. The Morgan fingerprint density at radius 2 is 1.89 bits per heavy atom. The van der Waals surface area contributed by atoms with Gasteiger partial charge in [-0.2, -0.15) is 0 Å². The van der Waals surface area contributed by atoms with E-state index in [0.29, 0.717) is 37.1 Å². The summed E-state index contributed by atoms with van der Waals surface area (Å²) in [7, 11) is -3.31. The van der Waals surface area contributed by atoms with Crippen LogP contribution in [0, 0.1) is 5.92 Å². The molecular weight excluding hydrogens is 372 g/mol. The van der Waals surface area contributed by atoms with E-state index in [0.717, 1.165) is 0 Å². The van der Waals surface area contributed by atoms with E-state index < -0.39 is 27.8 Å². The van der Waals surface area contributed by atoms with Crippen molar-refractivity contribution in [3.05, 3.63) is 24.3 Å². The SMILES string of the molecule is CC(C)S(=O)(=O)NC1CCC(C(=O)Nc2cccc(OCC(=O)O)c2)CC1. The topological polar surface area (TPSA) is 122 Å². The van der Waals surface area contributed by atoms with Gasteiger partial charge in [0.1, 0.15) is 5.75 Å². The molecule has 2 rings (SSSR count). The zero-order valence-electron chi connectivity index (χ0n) is 15.5. The highest BCUT2D eigenvalue weighted by molar-refractivity contribution is 7.90. The van der Waals surface area contributed by atoms with Crippen molar-refractivity contribution < 1.29 is 27.9 Å². The summed E-state index contributed by atoms with van der Waals surface area (Å²) in [5.74, 6) is -1.03. The van der Waals surface area contributed by atoms with Gasteiger partial charge in [0.25, 0.3) is 0 Å². The Morgan fingerprint density at radius 1 is 1.22 bits per heavy atom. The molecule has 0 bridgehead atoms. The number of amides is 1. The standard InChI is InChI=1S/C18H26N2O6S/c1-12(2)27(24,25)20-14-8-6-13(7-9-14)18(23)19-15-4-3-5-16(10-15)26-11-17(21)22/h3-5,10,12-14,20H,6-9,11H2,1-2H3,(H,19,23)(H,21,22). The van der Waals surface area contributed by atoms with Gasteiger partial charge in [0.2, 0.25) is 15.9 Å². The van der Waals surface area contributed by atoms with Gasteiger partial charge in [-0.15, -0.1) is 0 Å². The van der Waals surface area contributed by atoms with Crippen LogP contribution in [0.15, 0.2) is 24.3 Å². The van der Waals surface area contributed by atoms with Gasteiger partial charge in [0, 0.05) is 23.7 Å². The number of aliphatic carboxylic acids is 1.